The second kappa shape index (κ2) is 5.78. The minimum Gasteiger partial charge on any atom is -0.507 e. The molecule has 1 heterocycles. The third-order valence-electron chi connectivity index (χ3n) is 3.41. The van der Waals surface area contributed by atoms with Gasteiger partial charge in [0.05, 0.1) is 6.04 Å². The van der Waals surface area contributed by atoms with Crippen molar-refractivity contribution in [2.45, 2.75) is 32.2 Å². The maximum atomic E-state index is 12.4. The Morgan fingerprint density at radius 1 is 1.37 bits per heavy atom. The van der Waals surface area contributed by atoms with Gasteiger partial charge in [0.25, 0.3) is 5.91 Å². The molecular weight excluding hydrogens is 242 g/mol. The van der Waals surface area contributed by atoms with E-state index in [1.165, 1.54) is 18.2 Å². The first-order valence-corrected chi connectivity index (χ1v) is 6.63. The number of amides is 1. The van der Waals surface area contributed by atoms with Crippen molar-refractivity contribution in [2.75, 3.05) is 6.54 Å². The molecule has 4 nitrogen and oxygen atoms in total. The average molecular weight is 261 g/mol. The van der Waals surface area contributed by atoms with Gasteiger partial charge in [-0.25, -0.2) is 0 Å². The van der Waals surface area contributed by atoms with Crippen LogP contribution in [0.3, 0.4) is 0 Å². The highest BCUT2D eigenvalue weighted by atomic mass is 16.3. The number of phenols is 2. The number of hydrogen-bond acceptors (Lipinski definition) is 3. The van der Waals surface area contributed by atoms with Gasteiger partial charge in [-0.2, -0.15) is 0 Å². The SMILES string of the molecule is CCCCC1C=CCN1C(=O)c1c(O)cccc1O. The summed E-state index contributed by atoms with van der Waals surface area (Å²) < 4.78 is 0. The summed E-state index contributed by atoms with van der Waals surface area (Å²) in [7, 11) is 0. The van der Waals surface area contributed by atoms with Crippen molar-refractivity contribution in [2.24, 2.45) is 0 Å². The number of nitrogens with zero attached hydrogens (tertiary/aromatic N) is 1. The molecular formula is C15H19NO3. The van der Waals surface area contributed by atoms with Gasteiger partial charge in [0, 0.05) is 6.54 Å². The molecule has 0 bridgehead atoms. The van der Waals surface area contributed by atoms with Crippen LogP contribution >= 0.6 is 0 Å². The molecule has 0 radical (unpaired) electrons. The highest BCUT2D eigenvalue weighted by Gasteiger charge is 2.28. The quantitative estimate of drug-likeness (QED) is 0.819. The summed E-state index contributed by atoms with van der Waals surface area (Å²) >= 11 is 0. The zero-order valence-electron chi connectivity index (χ0n) is 11.0. The van der Waals surface area contributed by atoms with Crippen LogP contribution in [-0.2, 0) is 0 Å². The zero-order chi connectivity index (χ0) is 13.8. The summed E-state index contributed by atoms with van der Waals surface area (Å²) in [6.45, 7) is 2.64. The Labute approximate surface area is 113 Å². The Hall–Kier alpha value is -1.97. The Morgan fingerprint density at radius 3 is 2.68 bits per heavy atom. The Balaban J connectivity index is 2.20. The predicted octanol–water partition coefficient (Wildman–Crippen LogP) is 2.67. The third-order valence-corrected chi connectivity index (χ3v) is 3.41. The smallest absolute Gasteiger partial charge is 0.262 e. The van der Waals surface area contributed by atoms with Gasteiger partial charge in [0.15, 0.2) is 0 Å². The van der Waals surface area contributed by atoms with Crippen LogP contribution in [0.25, 0.3) is 0 Å². The van der Waals surface area contributed by atoms with E-state index in [9.17, 15) is 15.0 Å². The number of carbonyl (C=O) groups is 1. The van der Waals surface area contributed by atoms with Gasteiger partial charge in [-0.05, 0) is 18.6 Å². The van der Waals surface area contributed by atoms with Crippen molar-refractivity contribution in [3.63, 3.8) is 0 Å². The first kappa shape index (κ1) is 13.5. The largest absolute Gasteiger partial charge is 0.507 e. The van der Waals surface area contributed by atoms with E-state index in [1.54, 1.807) is 4.90 Å². The van der Waals surface area contributed by atoms with Crippen molar-refractivity contribution in [1.29, 1.82) is 0 Å². The lowest BCUT2D eigenvalue weighted by Gasteiger charge is -2.25. The minimum atomic E-state index is -0.318. The fourth-order valence-electron chi connectivity index (χ4n) is 2.36. The van der Waals surface area contributed by atoms with Gasteiger partial charge in [0.1, 0.15) is 17.1 Å². The van der Waals surface area contributed by atoms with Crippen molar-refractivity contribution in [3.8, 4) is 11.5 Å². The summed E-state index contributed by atoms with van der Waals surface area (Å²) in [5.41, 5.74) is -0.00676. The van der Waals surface area contributed by atoms with Gasteiger partial charge in [-0.1, -0.05) is 38.0 Å². The van der Waals surface area contributed by atoms with Gasteiger partial charge < -0.3 is 15.1 Å². The Kier molecular flexibility index (Phi) is 4.10. The molecule has 1 aromatic rings. The summed E-state index contributed by atoms with van der Waals surface area (Å²) in [5.74, 6) is -0.668. The van der Waals surface area contributed by atoms with E-state index in [1.807, 2.05) is 12.2 Å². The van der Waals surface area contributed by atoms with Crippen LogP contribution in [0.1, 0.15) is 36.5 Å². The molecule has 0 fully saturated rings. The molecule has 2 rings (SSSR count). The van der Waals surface area contributed by atoms with Crippen LogP contribution < -0.4 is 0 Å². The number of aromatic hydroxyl groups is 2. The maximum absolute atomic E-state index is 12.4. The average Bonchev–Trinajstić information content (AvgIpc) is 2.84. The molecule has 0 saturated heterocycles. The standard InChI is InChI=1S/C15H19NO3/c1-2-3-6-11-7-5-10-16(11)15(19)14-12(17)8-4-9-13(14)18/h4-5,7-9,11,17-18H,2-3,6,10H2,1H3. The molecule has 0 aromatic heterocycles. The first-order chi connectivity index (χ1) is 9.15. The lowest BCUT2D eigenvalue weighted by molar-refractivity contribution is 0.0737. The van der Waals surface area contributed by atoms with E-state index in [-0.39, 0.29) is 29.0 Å². The highest BCUT2D eigenvalue weighted by Crippen LogP contribution is 2.30. The van der Waals surface area contributed by atoms with E-state index < -0.39 is 0 Å². The first-order valence-electron chi connectivity index (χ1n) is 6.63. The van der Waals surface area contributed by atoms with Gasteiger partial charge in [-0.3, -0.25) is 4.79 Å². The molecule has 0 saturated carbocycles. The van der Waals surface area contributed by atoms with Crippen LogP contribution in [0.2, 0.25) is 0 Å². The van der Waals surface area contributed by atoms with Gasteiger partial charge in [0.2, 0.25) is 0 Å². The second-order valence-corrected chi connectivity index (χ2v) is 4.77. The lowest BCUT2D eigenvalue weighted by atomic mass is 10.1. The zero-order valence-corrected chi connectivity index (χ0v) is 11.0. The number of carbonyl (C=O) groups excluding carboxylic acids is 1. The fraction of sp³-hybridized carbons (Fsp3) is 0.400. The molecule has 0 spiro atoms. The maximum Gasteiger partial charge on any atom is 0.262 e. The summed E-state index contributed by atoms with van der Waals surface area (Å²) in [6.07, 6.45) is 7.01. The molecule has 102 valence electrons. The Morgan fingerprint density at radius 2 is 2.05 bits per heavy atom. The fourth-order valence-corrected chi connectivity index (χ4v) is 2.36. The summed E-state index contributed by atoms with van der Waals surface area (Å²) in [5, 5.41) is 19.5. The summed E-state index contributed by atoms with van der Waals surface area (Å²) in [4.78, 5) is 14.1. The van der Waals surface area contributed by atoms with E-state index in [2.05, 4.69) is 6.92 Å². The molecule has 2 N–H and O–H groups in total. The van der Waals surface area contributed by atoms with E-state index in [4.69, 9.17) is 0 Å². The van der Waals surface area contributed by atoms with Crippen molar-refractivity contribution in [1.82, 2.24) is 4.90 Å². The normalized spacial score (nSPS) is 17.9. The molecule has 4 heteroatoms. The Bertz CT molecular complexity index is 476. The predicted molar refractivity (Wildman–Crippen MR) is 73.3 cm³/mol. The van der Waals surface area contributed by atoms with E-state index >= 15 is 0 Å². The van der Waals surface area contributed by atoms with Crippen molar-refractivity contribution >= 4 is 5.91 Å². The van der Waals surface area contributed by atoms with Crippen molar-refractivity contribution < 1.29 is 15.0 Å². The van der Waals surface area contributed by atoms with Crippen LogP contribution in [0.4, 0.5) is 0 Å². The molecule has 19 heavy (non-hydrogen) atoms. The van der Waals surface area contributed by atoms with E-state index in [0.717, 1.165) is 19.3 Å². The molecule has 1 aromatic carbocycles. The minimum absolute atomic E-state index is 0.00676. The third kappa shape index (κ3) is 2.72. The van der Waals surface area contributed by atoms with Crippen LogP contribution in [0.15, 0.2) is 30.4 Å². The lowest BCUT2D eigenvalue weighted by Crippen LogP contribution is -2.36. The molecule has 1 aliphatic rings. The van der Waals surface area contributed by atoms with Crippen LogP contribution in [-0.4, -0.2) is 33.6 Å². The number of phenolic OH excluding ortho intramolecular Hbond substituents is 2. The molecule has 1 amide bonds. The monoisotopic (exact) mass is 261 g/mol. The number of unbranched alkanes of at least 4 members (excludes halogenated alkanes) is 1. The molecule has 0 aliphatic carbocycles. The number of benzene rings is 1. The molecule has 1 unspecified atom stereocenters. The number of hydrogen-bond donors (Lipinski definition) is 2. The molecule has 1 aliphatic heterocycles. The van der Waals surface area contributed by atoms with Gasteiger partial charge >= 0.3 is 0 Å². The van der Waals surface area contributed by atoms with Gasteiger partial charge in [-0.15, -0.1) is 0 Å². The van der Waals surface area contributed by atoms with Crippen LogP contribution in [0.5, 0.6) is 11.5 Å². The number of rotatable bonds is 4. The molecule has 1 atom stereocenters. The van der Waals surface area contributed by atoms with E-state index in [0.29, 0.717) is 6.54 Å². The summed E-state index contributed by atoms with van der Waals surface area (Å²) in [6, 6.07) is 4.40. The van der Waals surface area contributed by atoms with Crippen molar-refractivity contribution in [3.05, 3.63) is 35.9 Å². The second-order valence-electron chi connectivity index (χ2n) is 4.77. The van der Waals surface area contributed by atoms with Crippen LogP contribution in [0, 0.1) is 0 Å². The topological polar surface area (TPSA) is 60.8 Å². The highest BCUT2D eigenvalue weighted by molar-refractivity contribution is 6.00.